The van der Waals surface area contributed by atoms with Crippen LogP contribution in [0.4, 0.5) is 0 Å². The molecule has 7 nitrogen and oxygen atoms in total. The number of aromatic amines is 1. The molecule has 2 aliphatic heterocycles. The predicted molar refractivity (Wildman–Crippen MR) is 130 cm³/mol. The molecule has 0 unspecified atom stereocenters. The molecule has 0 saturated carbocycles. The smallest absolute Gasteiger partial charge is 0.274 e. The van der Waals surface area contributed by atoms with E-state index in [0.717, 1.165) is 68.6 Å². The Morgan fingerprint density at radius 1 is 1.00 bits per heavy atom. The number of H-pyrrole nitrogens is 1. The lowest BCUT2D eigenvalue weighted by Crippen LogP contribution is -2.50. The number of ether oxygens (including phenoxy) is 1. The van der Waals surface area contributed by atoms with Crippen LogP contribution < -0.4 is 4.74 Å². The molecule has 2 atom stereocenters. The minimum Gasteiger partial charge on any atom is -0.490 e. The molecule has 3 aliphatic rings. The lowest BCUT2D eigenvalue weighted by molar-refractivity contribution is -0.134. The van der Waals surface area contributed by atoms with Gasteiger partial charge in [0.25, 0.3) is 5.91 Å². The summed E-state index contributed by atoms with van der Waals surface area (Å²) in [6.45, 7) is 2.75. The van der Waals surface area contributed by atoms with Crippen LogP contribution in [0.25, 0.3) is 0 Å². The molecule has 182 valence electrons. The van der Waals surface area contributed by atoms with Crippen molar-refractivity contribution < 1.29 is 14.3 Å². The summed E-state index contributed by atoms with van der Waals surface area (Å²) in [5.41, 5.74) is 2.75. The van der Waals surface area contributed by atoms with Gasteiger partial charge in [0, 0.05) is 61.2 Å². The van der Waals surface area contributed by atoms with Crippen molar-refractivity contribution in [1.82, 2.24) is 20.0 Å². The van der Waals surface area contributed by atoms with Crippen LogP contribution >= 0.6 is 11.6 Å². The summed E-state index contributed by atoms with van der Waals surface area (Å²) in [5.74, 6) is 0.809. The molecular weight excluding hydrogens is 452 g/mol. The van der Waals surface area contributed by atoms with Gasteiger partial charge in [-0.2, -0.15) is 5.10 Å². The second kappa shape index (κ2) is 10.4. The van der Waals surface area contributed by atoms with Gasteiger partial charge in [0.05, 0.1) is 0 Å². The van der Waals surface area contributed by atoms with Crippen LogP contribution in [0.3, 0.4) is 0 Å². The number of nitrogens with one attached hydrogen (secondary N) is 1. The quantitative estimate of drug-likeness (QED) is 0.688. The second-order valence-corrected chi connectivity index (χ2v) is 10.2. The van der Waals surface area contributed by atoms with Gasteiger partial charge >= 0.3 is 0 Å². The van der Waals surface area contributed by atoms with E-state index in [1.54, 1.807) is 0 Å². The fourth-order valence-electron chi connectivity index (χ4n) is 5.54. The lowest BCUT2D eigenvalue weighted by atomic mass is 9.89. The van der Waals surface area contributed by atoms with Crippen molar-refractivity contribution in [2.75, 3.05) is 26.2 Å². The van der Waals surface area contributed by atoms with E-state index in [2.05, 4.69) is 10.2 Å². The number of amides is 2. The maximum atomic E-state index is 13.5. The zero-order chi connectivity index (χ0) is 23.5. The number of aromatic nitrogens is 2. The highest BCUT2D eigenvalue weighted by atomic mass is 35.5. The summed E-state index contributed by atoms with van der Waals surface area (Å²) in [5, 5.41) is 8.14. The maximum Gasteiger partial charge on any atom is 0.274 e. The van der Waals surface area contributed by atoms with E-state index in [9.17, 15) is 9.59 Å². The minimum absolute atomic E-state index is 0.0280. The highest BCUT2D eigenvalue weighted by Crippen LogP contribution is 2.30. The summed E-state index contributed by atoms with van der Waals surface area (Å²) < 4.78 is 6.33. The van der Waals surface area contributed by atoms with Gasteiger partial charge in [-0.1, -0.05) is 11.6 Å². The fraction of sp³-hybridized carbons (Fsp3) is 0.577. The zero-order valence-corrected chi connectivity index (χ0v) is 20.4. The molecule has 3 heterocycles. The second-order valence-electron chi connectivity index (χ2n) is 9.79. The molecule has 2 fully saturated rings. The summed E-state index contributed by atoms with van der Waals surface area (Å²) in [6.07, 6.45) is 8.34. The number of aryl methyl sites for hydroxylation is 1. The first-order valence-electron chi connectivity index (χ1n) is 12.6. The molecule has 8 heteroatoms. The van der Waals surface area contributed by atoms with Crippen LogP contribution in [0.5, 0.6) is 5.75 Å². The summed E-state index contributed by atoms with van der Waals surface area (Å²) in [6, 6.07) is 7.34. The lowest BCUT2D eigenvalue weighted by Gasteiger charge is -2.39. The normalized spacial score (nSPS) is 22.9. The molecule has 1 aromatic heterocycles. The van der Waals surface area contributed by atoms with Crippen molar-refractivity contribution in [2.24, 2.45) is 5.92 Å². The number of carbonyl (C=O) groups is 2. The maximum absolute atomic E-state index is 13.5. The standard InChI is InChI=1S/C26H33ClN4O3/c27-19-8-10-20(11-9-19)34-23-12-15-31(17-18(23)16-24(32)30-13-4-1-5-14-30)26(33)25-21-6-2-3-7-22(21)28-29-25/h8-11,18,23H,1-7,12-17H2,(H,28,29)/t18-,23-/m0/s1. The van der Waals surface area contributed by atoms with Crippen molar-refractivity contribution in [1.29, 1.82) is 0 Å². The largest absolute Gasteiger partial charge is 0.490 e. The number of hydrogen-bond acceptors (Lipinski definition) is 4. The van der Waals surface area contributed by atoms with E-state index >= 15 is 0 Å². The highest BCUT2D eigenvalue weighted by molar-refractivity contribution is 6.30. The Bertz CT molecular complexity index is 1020. The molecule has 5 rings (SSSR count). The van der Waals surface area contributed by atoms with Crippen molar-refractivity contribution in [3.8, 4) is 5.75 Å². The first-order chi connectivity index (χ1) is 16.6. The SMILES string of the molecule is O=C(C[C@H]1CN(C(=O)c2n[nH]c3c2CCCC3)CC[C@@H]1Oc1ccc(Cl)cc1)N1CCCCC1. The van der Waals surface area contributed by atoms with Crippen molar-refractivity contribution in [3.63, 3.8) is 0 Å². The average molecular weight is 485 g/mol. The average Bonchev–Trinajstić information content (AvgIpc) is 3.30. The Morgan fingerprint density at radius 3 is 2.56 bits per heavy atom. The van der Waals surface area contributed by atoms with E-state index in [0.29, 0.717) is 36.6 Å². The minimum atomic E-state index is -0.132. The van der Waals surface area contributed by atoms with E-state index in [1.165, 1.54) is 6.42 Å². The predicted octanol–water partition coefficient (Wildman–Crippen LogP) is 4.25. The summed E-state index contributed by atoms with van der Waals surface area (Å²) in [7, 11) is 0. The zero-order valence-electron chi connectivity index (χ0n) is 19.6. The molecule has 2 aromatic rings. The van der Waals surface area contributed by atoms with E-state index in [-0.39, 0.29) is 23.8 Å². The number of nitrogens with zero attached hydrogens (tertiary/aromatic N) is 3. The van der Waals surface area contributed by atoms with Gasteiger partial charge in [-0.3, -0.25) is 14.7 Å². The number of benzene rings is 1. The Labute approximate surface area is 205 Å². The third kappa shape index (κ3) is 5.09. The van der Waals surface area contributed by atoms with Crippen molar-refractivity contribution >= 4 is 23.4 Å². The van der Waals surface area contributed by atoms with Crippen LogP contribution in [-0.4, -0.2) is 64.1 Å². The van der Waals surface area contributed by atoms with Crippen LogP contribution in [-0.2, 0) is 17.6 Å². The van der Waals surface area contributed by atoms with Crippen molar-refractivity contribution in [3.05, 3.63) is 46.2 Å². The molecular formula is C26H33ClN4O3. The van der Waals surface area contributed by atoms with Gasteiger partial charge < -0.3 is 14.5 Å². The molecule has 1 aliphatic carbocycles. The van der Waals surface area contributed by atoms with Crippen LogP contribution in [0.1, 0.15) is 66.7 Å². The molecule has 2 amide bonds. The van der Waals surface area contributed by atoms with E-state index in [1.807, 2.05) is 34.1 Å². The monoisotopic (exact) mass is 484 g/mol. The topological polar surface area (TPSA) is 78.5 Å². The Balaban J connectivity index is 1.32. The van der Waals surface area contributed by atoms with Gasteiger partial charge in [0.2, 0.25) is 5.91 Å². The Kier molecular flexibility index (Phi) is 7.09. The molecule has 0 spiro atoms. The van der Waals surface area contributed by atoms with E-state index in [4.69, 9.17) is 16.3 Å². The van der Waals surface area contributed by atoms with Crippen LogP contribution in [0.2, 0.25) is 5.02 Å². The third-order valence-corrected chi connectivity index (χ3v) is 7.71. The molecule has 2 saturated heterocycles. The van der Waals surface area contributed by atoms with Crippen molar-refractivity contribution in [2.45, 2.75) is 63.9 Å². The number of rotatable bonds is 5. The molecule has 1 N–H and O–H groups in total. The summed E-state index contributed by atoms with van der Waals surface area (Å²) in [4.78, 5) is 30.5. The molecule has 0 bridgehead atoms. The van der Waals surface area contributed by atoms with Crippen LogP contribution in [0.15, 0.2) is 24.3 Å². The first-order valence-corrected chi connectivity index (χ1v) is 13.0. The third-order valence-electron chi connectivity index (χ3n) is 7.46. The molecule has 1 aromatic carbocycles. The number of carbonyl (C=O) groups excluding carboxylic acids is 2. The number of likely N-dealkylation sites (tertiary alicyclic amines) is 2. The van der Waals surface area contributed by atoms with Gasteiger partial charge in [-0.05, 0) is 69.2 Å². The van der Waals surface area contributed by atoms with E-state index < -0.39 is 0 Å². The highest BCUT2D eigenvalue weighted by Gasteiger charge is 2.37. The van der Waals surface area contributed by atoms with Gasteiger partial charge in [0.1, 0.15) is 11.9 Å². The molecule has 34 heavy (non-hydrogen) atoms. The number of piperidine rings is 2. The fourth-order valence-corrected chi connectivity index (χ4v) is 5.66. The van der Waals surface area contributed by atoms with Gasteiger partial charge in [-0.15, -0.1) is 0 Å². The molecule has 0 radical (unpaired) electrons. The number of fused-ring (bicyclic) bond motifs is 1. The van der Waals surface area contributed by atoms with Gasteiger partial charge in [0.15, 0.2) is 5.69 Å². The van der Waals surface area contributed by atoms with Gasteiger partial charge in [-0.25, -0.2) is 0 Å². The number of hydrogen-bond donors (Lipinski definition) is 1. The van der Waals surface area contributed by atoms with Crippen LogP contribution in [0, 0.1) is 5.92 Å². The summed E-state index contributed by atoms with van der Waals surface area (Å²) >= 11 is 6.03. The Hall–Kier alpha value is -2.54. The Morgan fingerprint density at radius 2 is 1.76 bits per heavy atom. The first kappa shape index (κ1) is 23.2. The number of halogens is 1.